The van der Waals surface area contributed by atoms with E-state index in [2.05, 4.69) is 16.0 Å². The minimum atomic E-state index is -0.481. The van der Waals surface area contributed by atoms with E-state index in [9.17, 15) is 14.4 Å². The van der Waals surface area contributed by atoms with Crippen LogP contribution in [0.2, 0.25) is 0 Å². The average Bonchev–Trinajstić information content (AvgIpc) is 2.98. The van der Waals surface area contributed by atoms with Crippen molar-refractivity contribution in [1.82, 2.24) is 5.32 Å². The number of carbonyl (C=O) groups excluding carboxylic acids is 3. The van der Waals surface area contributed by atoms with Crippen molar-refractivity contribution in [3.63, 3.8) is 0 Å². The summed E-state index contributed by atoms with van der Waals surface area (Å²) in [6.45, 7) is 1.94. The first kappa shape index (κ1) is 28.2. The number of para-hydroxylation sites is 1. The molecule has 4 rings (SSSR count). The Morgan fingerprint density at radius 3 is 2.27 bits per heavy atom. The van der Waals surface area contributed by atoms with Crippen molar-refractivity contribution in [1.29, 1.82) is 0 Å². The van der Waals surface area contributed by atoms with Crippen molar-refractivity contribution in [2.75, 3.05) is 23.5 Å². The van der Waals surface area contributed by atoms with Gasteiger partial charge in [0.15, 0.2) is 0 Å². The zero-order chi connectivity index (χ0) is 28.3. The molecule has 7 nitrogen and oxygen atoms in total. The topological polar surface area (TPSA) is 96.5 Å². The number of benzene rings is 4. The van der Waals surface area contributed by atoms with E-state index in [0.717, 1.165) is 16.1 Å². The molecule has 0 heterocycles. The number of hydrogen-bond donors (Lipinski definition) is 3. The predicted molar refractivity (Wildman–Crippen MR) is 160 cm³/mol. The van der Waals surface area contributed by atoms with Gasteiger partial charge in [0.1, 0.15) is 11.4 Å². The van der Waals surface area contributed by atoms with Gasteiger partial charge in [-0.05, 0) is 78.7 Å². The third kappa shape index (κ3) is 8.09. The zero-order valence-corrected chi connectivity index (χ0v) is 23.0. The molecule has 202 valence electrons. The number of thioether (sulfide) groups is 1. The van der Waals surface area contributed by atoms with Crippen LogP contribution < -0.4 is 20.7 Å². The summed E-state index contributed by atoms with van der Waals surface area (Å²) in [5.41, 5.74) is 3.54. The molecule has 0 radical (unpaired) electrons. The summed E-state index contributed by atoms with van der Waals surface area (Å²) < 4.78 is 5.28. The second kappa shape index (κ2) is 13.8. The van der Waals surface area contributed by atoms with Crippen molar-refractivity contribution in [2.24, 2.45) is 0 Å². The number of anilines is 2. The molecular formula is C32H29N3O4S. The largest absolute Gasteiger partial charge is 0.497 e. The highest BCUT2D eigenvalue weighted by Crippen LogP contribution is 2.22. The molecule has 0 unspecified atom stereocenters. The zero-order valence-electron chi connectivity index (χ0n) is 22.1. The number of methoxy groups -OCH3 is 1. The third-order valence-electron chi connectivity index (χ3n) is 5.83. The summed E-state index contributed by atoms with van der Waals surface area (Å²) in [5, 5.41) is 8.48. The summed E-state index contributed by atoms with van der Waals surface area (Å²) in [7, 11) is 1.56. The predicted octanol–water partition coefficient (Wildman–Crippen LogP) is 6.14. The molecule has 8 heteroatoms. The van der Waals surface area contributed by atoms with Gasteiger partial charge in [-0.25, -0.2) is 0 Å². The first-order valence-electron chi connectivity index (χ1n) is 12.5. The van der Waals surface area contributed by atoms with Crippen molar-refractivity contribution in [2.45, 2.75) is 11.8 Å². The van der Waals surface area contributed by atoms with Crippen LogP contribution >= 0.6 is 11.8 Å². The van der Waals surface area contributed by atoms with Gasteiger partial charge in [-0.15, -0.1) is 11.8 Å². The van der Waals surface area contributed by atoms with Crippen LogP contribution in [0.25, 0.3) is 6.08 Å². The maximum Gasteiger partial charge on any atom is 0.272 e. The minimum absolute atomic E-state index is 0.0773. The highest BCUT2D eigenvalue weighted by atomic mass is 32.2. The van der Waals surface area contributed by atoms with Crippen LogP contribution in [-0.2, 0) is 9.59 Å². The van der Waals surface area contributed by atoms with Gasteiger partial charge in [0.2, 0.25) is 5.91 Å². The summed E-state index contributed by atoms with van der Waals surface area (Å²) in [5.74, 6) is -0.105. The molecule has 0 fully saturated rings. The number of rotatable bonds is 10. The lowest BCUT2D eigenvalue weighted by atomic mass is 10.1. The number of nitrogens with one attached hydrogen (secondary N) is 3. The van der Waals surface area contributed by atoms with E-state index in [1.165, 1.54) is 11.8 Å². The Morgan fingerprint density at radius 1 is 0.825 bits per heavy atom. The van der Waals surface area contributed by atoms with Gasteiger partial charge in [-0.2, -0.15) is 0 Å². The highest BCUT2D eigenvalue weighted by molar-refractivity contribution is 8.00. The Bertz CT molecular complexity index is 1520. The van der Waals surface area contributed by atoms with Crippen molar-refractivity contribution < 1.29 is 19.1 Å². The van der Waals surface area contributed by atoms with Crippen molar-refractivity contribution in [3.05, 3.63) is 126 Å². The molecule has 0 aliphatic heterocycles. The SMILES string of the molecule is COc1cccc(/C=C(\NC(=O)c2ccccc2)C(=O)Nc2ccc(SCC(=O)Nc3ccccc3C)cc2)c1. The molecule has 3 N–H and O–H groups in total. The van der Waals surface area contributed by atoms with Gasteiger partial charge >= 0.3 is 0 Å². The quantitative estimate of drug-likeness (QED) is 0.162. The van der Waals surface area contributed by atoms with Crippen LogP contribution in [0, 0.1) is 6.92 Å². The Labute approximate surface area is 237 Å². The first-order valence-corrected chi connectivity index (χ1v) is 13.5. The summed E-state index contributed by atoms with van der Waals surface area (Å²) in [4.78, 5) is 39.3. The molecule has 0 bridgehead atoms. The lowest BCUT2D eigenvalue weighted by molar-refractivity contribution is -0.114. The molecule has 40 heavy (non-hydrogen) atoms. The Morgan fingerprint density at radius 2 is 1.55 bits per heavy atom. The van der Waals surface area contributed by atoms with Crippen LogP contribution in [0.3, 0.4) is 0 Å². The molecule has 4 aromatic carbocycles. The second-order valence-corrected chi connectivity index (χ2v) is 9.83. The fourth-order valence-electron chi connectivity index (χ4n) is 3.72. The normalized spacial score (nSPS) is 10.9. The molecule has 0 saturated heterocycles. The standard InChI is InChI=1S/C32H29N3O4S/c1-22-9-6-7-14-28(22)34-30(36)21-40-27-17-15-25(16-18-27)33-32(38)29(20-23-10-8-13-26(19-23)39-2)35-31(37)24-11-4-3-5-12-24/h3-20H,21H2,1-2H3,(H,33,38)(H,34,36)(H,35,37)/b29-20-. The minimum Gasteiger partial charge on any atom is -0.497 e. The second-order valence-electron chi connectivity index (χ2n) is 8.79. The monoisotopic (exact) mass is 551 g/mol. The van der Waals surface area contributed by atoms with E-state index in [-0.39, 0.29) is 17.4 Å². The molecule has 0 aliphatic carbocycles. The summed E-state index contributed by atoms with van der Waals surface area (Å²) >= 11 is 1.39. The van der Waals surface area contributed by atoms with Gasteiger partial charge in [-0.1, -0.05) is 48.5 Å². The molecule has 0 aromatic heterocycles. The Hall–Kier alpha value is -4.82. The first-order chi connectivity index (χ1) is 19.4. The molecule has 3 amide bonds. The molecular weight excluding hydrogens is 522 g/mol. The van der Waals surface area contributed by atoms with Gasteiger partial charge in [-0.3, -0.25) is 14.4 Å². The van der Waals surface area contributed by atoms with Crippen molar-refractivity contribution >= 4 is 46.9 Å². The third-order valence-corrected chi connectivity index (χ3v) is 6.85. The van der Waals surface area contributed by atoms with E-state index in [1.807, 2.05) is 55.5 Å². The lowest BCUT2D eigenvalue weighted by Crippen LogP contribution is -2.30. The molecule has 0 aliphatic rings. The lowest BCUT2D eigenvalue weighted by Gasteiger charge is -2.12. The van der Waals surface area contributed by atoms with Crippen LogP contribution in [-0.4, -0.2) is 30.6 Å². The number of aryl methyl sites for hydroxylation is 1. The average molecular weight is 552 g/mol. The molecule has 0 atom stereocenters. The fraction of sp³-hybridized carbons (Fsp3) is 0.0938. The van der Waals surface area contributed by atoms with Gasteiger partial charge < -0.3 is 20.7 Å². The number of ether oxygens (including phenoxy) is 1. The maximum absolute atomic E-state index is 13.3. The van der Waals surface area contributed by atoms with Crippen LogP contribution in [0.1, 0.15) is 21.5 Å². The summed E-state index contributed by atoms with van der Waals surface area (Å²) in [6, 6.07) is 30.6. The van der Waals surface area contributed by atoms with E-state index >= 15 is 0 Å². The van der Waals surface area contributed by atoms with E-state index < -0.39 is 11.8 Å². The van der Waals surface area contributed by atoms with Gasteiger partial charge in [0.25, 0.3) is 11.8 Å². The number of carbonyl (C=O) groups is 3. The summed E-state index contributed by atoms with van der Waals surface area (Å²) in [6.07, 6.45) is 1.59. The van der Waals surface area contributed by atoms with Gasteiger partial charge in [0, 0.05) is 21.8 Å². The van der Waals surface area contributed by atoms with E-state index in [0.29, 0.717) is 22.6 Å². The molecule has 0 spiro atoms. The van der Waals surface area contributed by atoms with Gasteiger partial charge in [0.05, 0.1) is 12.9 Å². The van der Waals surface area contributed by atoms with Crippen LogP contribution in [0.5, 0.6) is 5.75 Å². The molecule has 0 saturated carbocycles. The van der Waals surface area contributed by atoms with Crippen LogP contribution in [0.4, 0.5) is 11.4 Å². The fourth-order valence-corrected chi connectivity index (χ4v) is 4.42. The highest BCUT2D eigenvalue weighted by Gasteiger charge is 2.15. The smallest absolute Gasteiger partial charge is 0.272 e. The maximum atomic E-state index is 13.3. The van der Waals surface area contributed by atoms with Crippen molar-refractivity contribution in [3.8, 4) is 5.75 Å². The number of amides is 3. The Balaban J connectivity index is 1.42. The number of hydrogen-bond acceptors (Lipinski definition) is 5. The van der Waals surface area contributed by atoms with E-state index in [4.69, 9.17) is 4.74 Å². The van der Waals surface area contributed by atoms with E-state index in [1.54, 1.807) is 67.8 Å². The Kier molecular flexibility index (Phi) is 9.74. The van der Waals surface area contributed by atoms with Crippen LogP contribution in [0.15, 0.2) is 114 Å². The molecule has 4 aromatic rings.